The summed E-state index contributed by atoms with van der Waals surface area (Å²) in [4.78, 5) is 12.6. The first-order chi connectivity index (χ1) is 13.5. The molecular weight excluding hydrogens is 388 g/mol. The Bertz CT molecular complexity index is 935. The molecule has 1 aliphatic heterocycles. The van der Waals surface area contributed by atoms with Gasteiger partial charge in [-0.3, -0.25) is 9.48 Å². The van der Waals surface area contributed by atoms with E-state index in [1.807, 2.05) is 80.7 Å². The van der Waals surface area contributed by atoms with Gasteiger partial charge in [0.2, 0.25) is 0 Å². The molecule has 0 amide bonds. The van der Waals surface area contributed by atoms with Crippen molar-refractivity contribution in [3.8, 4) is 0 Å². The summed E-state index contributed by atoms with van der Waals surface area (Å²) in [6.45, 7) is 4.41. The molecule has 1 aromatic heterocycles. The zero-order chi connectivity index (χ0) is 19.8. The first-order valence-corrected chi connectivity index (χ1v) is 9.90. The molecule has 0 bridgehead atoms. The van der Waals surface area contributed by atoms with E-state index in [0.29, 0.717) is 13.0 Å². The maximum atomic E-state index is 13.5. The van der Waals surface area contributed by atoms with Gasteiger partial charge in [0.1, 0.15) is 16.4 Å². The van der Waals surface area contributed by atoms with E-state index in [0.717, 1.165) is 16.7 Å². The van der Waals surface area contributed by atoms with Gasteiger partial charge in [0.25, 0.3) is 0 Å². The van der Waals surface area contributed by atoms with E-state index < -0.39 is 16.4 Å². The molecule has 0 saturated carbocycles. The second-order valence-electron chi connectivity index (χ2n) is 7.33. The third kappa shape index (κ3) is 3.15. The number of ether oxygens (including phenoxy) is 1. The lowest BCUT2D eigenvalue weighted by Crippen LogP contribution is -2.53. The highest BCUT2D eigenvalue weighted by atomic mass is 35.5. The van der Waals surface area contributed by atoms with Crippen molar-refractivity contribution in [2.75, 3.05) is 0 Å². The third-order valence-corrected chi connectivity index (χ3v) is 6.53. The number of nitrogens with zero attached hydrogens (tertiary/aromatic N) is 2. The van der Waals surface area contributed by atoms with Gasteiger partial charge in [-0.25, -0.2) is 0 Å². The van der Waals surface area contributed by atoms with Gasteiger partial charge in [-0.1, -0.05) is 67.6 Å². The van der Waals surface area contributed by atoms with Gasteiger partial charge in [0.05, 0.1) is 12.7 Å². The highest BCUT2D eigenvalue weighted by Gasteiger charge is 2.68. The molecule has 0 aliphatic carbocycles. The molecule has 1 fully saturated rings. The number of carbonyl (C=O) groups is 1. The fourth-order valence-corrected chi connectivity index (χ4v) is 4.80. The Hall–Kier alpha value is -2.63. The molecule has 2 N–H and O–H groups in total. The first-order valence-electron chi connectivity index (χ1n) is 9.52. The predicted molar refractivity (Wildman–Crippen MR) is 113 cm³/mol. The summed E-state index contributed by atoms with van der Waals surface area (Å²) in [5, 5.41) is 4.36. The lowest BCUT2D eigenvalue weighted by atomic mass is 9.64. The van der Waals surface area contributed by atoms with Gasteiger partial charge in [-0.05, 0) is 30.0 Å². The van der Waals surface area contributed by atoms with Crippen molar-refractivity contribution in [3.05, 3.63) is 89.7 Å². The smallest absolute Gasteiger partial charge is 0.323 e. The lowest BCUT2D eigenvalue weighted by molar-refractivity contribution is -0.145. The van der Waals surface area contributed by atoms with Crippen LogP contribution in [0.4, 0.5) is 0 Å². The third-order valence-electron chi connectivity index (χ3n) is 5.73. The van der Waals surface area contributed by atoms with Gasteiger partial charge in [0, 0.05) is 6.20 Å². The molecule has 0 spiro atoms. The number of esters is 1. The molecule has 6 heteroatoms. The van der Waals surface area contributed by atoms with Crippen molar-refractivity contribution >= 4 is 17.6 Å². The van der Waals surface area contributed by atoms with Gasteiger partial charge < -0.3 is 10.2 Å². The summed E-state index contributed by atoms with van der Waals surface area (Å²) in [5.74, 6) is -0.310. The molecule has 4 rings (SSSR count). The summed E-state index contributed by atoms with van der Waals surface area (Å²) < 4.78 is 7.77. The topological polar surface area (TPSA) is 75.6 Å². The Morgan fingerprint density at radius 3 is 2.07 bits per heavy atom. The molecule has 0 radical (unpaired) electrons. The Morgan fingerprint density at radius 2 is 1.62 bits per heavy atom. The number of hydrogen-bond acceptors (Lipinski definition) is 3. The minimum absolute atomic E-state index is 0. The molecule has 2 atom stereocenters. The summed E-state index contributed by atoms with van der Waals surface area (Å²) in [7, 11) is 0. The Balaban J connectivity index is 0.00000240. The van der Waals surface area contributed by atoms with Crippen molar-refractivity contribution in [1.29, 1.82) is 0 Å². The number of alkyl halides is 1. The zero-order valence-electron chi connectivity index (χ0n) is 16.5. The van der Waals surface area contributed by atoms with Crippen LogP contribution in [0.25, 0.3) is 0 Å². The van der Waals surface area contributed by atoms with Crippen molar-refractivity contribution in [1.82, 2.24) is 9.78 Å². The monoisotopic (exact) mass is 412 g/mol. The van der Waals surface area contributed by atoms with Crippen LogP contribution in [0.15, 0.2) is 73.1 Å². The number of halogens is 1. The molecule has 2 heterocycles. The van der Waals surface area contributed by atoms with Crippen LogP contribution in [0.2, 0.25) is 0 Å². The standard InChI is InChI=1S/C23H23ClN2O2.H2O/c1-3-22(24)20(16-26-15-17(2)14-25-26)28-21(27)23(22,18-10-6-4-7-11-18)19-12-8-5-9-13-19;/h4-15,20H,3,16H2,1-2H3;1H2. The fourth-order valence-electron chi connectivity index (χ4n) is 4.39. The number of aryl methyl sites for hydroxylation is 1. The number of carbonyl (C=O) groups excluding carboxylic acids is 1. The molecule has 5 nitrogen and oxygen atoms in total. The highest BCUT2D eigenvalue weighted by molar-refractivity contribution is 6.29. The van der Waals surface area contributed by atoms with Crippen LogP contribution in [0.5, 0.6) is 0 Å². The van der Waals surface area contributed by atoms with Crippen LogP contribution in [0, 0.1) is 6.92 Å². The first kappa shape index (κ1) is 21.1. The molecule has 2 aromatic carbocycles. The van der Waals surface area contributed by atoms with Gasteiger partial charge in [0.15, 0.2) is 0 Å². The molecular formula is C23H25ClN2O3. The van der Waals surface area contributed by atoms with E-state index in [1.165, 1.54) is 0 Å². The minimum Gasteiger partial charge on any atom is -0.457 e. The van der Waals surface area contributed by atoms with Crippen molar-refractivity contribution in [3.63, 3.8) is 0 Å². The van der Waals surface area contributed by atoms with E-state index >= 15 is 0 Å². The van der Waals surface area contributed by atoms with Crippen LogP contribution in [0.1, 0.15) is 30.0 Å². The number of benzene rings is 2. The minimum atomic E-state index is -1.08. The average molecular weight is 413 g/mol. The van der Waals surface area contributed by atoms with Gasteiger partial charge >= 0.3 is 5.97 Å². The van der Waals surface area contributed by atoms with Crippen LogP contribution in [-0.4, -0.2) is 32.2 Å². The maximum absolute atomic E-state index is 13.5. The van der Waals surface area contributed by atoms with Crippen molar-refractivity contribution in [2.24, 2.45) is 0 Å². The SMILES string of the molecule is CCC1(Cl)C(Cn2cc(C)cn2)OC(=O)C1(c1ccccc1)c1ccccc1.O. The van der Waals surface area contributed by atoms with Crippen molar-refractivity contribution in [2.45, 2.75) is 43.2 Å². The van der Waals surface area contributed by atoms with E-state index in [9.17, 15) is 4.79 Å². The largest absolute Gasteiger partial charge is 0.457 e. The molecule has 1 aliphatic rings. The van der Waals surface area contributed by atoms with Crippen LogP contribution >= 0.6 is 11.6 Å². The maximum Gasteiger partial charge on any atom is 0.323 e. The molecule has 3 aromatic rings. The Kier molecular flexibility index (Phi) is 5.82. The van der Waals surface area contributed by atoms with Gasteiger partial charge in [-0.2, -0.15) is 5.10 Å². The summed E-state index contributed by atoms with van der Waals surface area (Å²) in [5.41, 5.74) is 1.67. The second kappa shape index (κ2) is 8.01. The zero-order valence-corrected chi connectivity index (χ0v) is 17.3. The predicted octanol–water partition coefficient (Wildman–Crippen LogP) is 3.67. The molecule has 2 unspecified atom stereocenters. The Morgan fingerprint density at radius 1 is 1.07 bits per heavy atom. The Labute approximate surface area is 175 Å². The van der Waals surface area contributed by atoms with Crippen molar-refractivity contribution < 1.29 is 15.0 Å². The number of rotatable bonds is 5. The average Bonchev–Trinajstić information content (AvgIpc) is 3.23. The van der Waals surface area contributed by atoms with Gasteiger partial charge in [-0.15, -0.1) is 11.6 Å². The quantitative estimate of drug-likeness (QED) is 0.474. The number of cyclic esters (lactones) is 1. The summed E-state index contributed by atoms with van der Waals surface area (Å²) in [6, 6.07) is 19.5. The number of aromatic nitrogens is 2. The van der Waals surface area contributed by atoms with E-state index in [4.69, 9.17) is 16.3 Å². The van der Waals surface area contributed by atoms with E-state index in [2.05, 4.69) is 5.10 Å². The molecule has 152 valence electrons. The van der Waals surface area contributed by atoms with Crippen LogP contribution < -0.4 is 0 Å². The van der Waals surface area contributed by atoms with Crippen LogP contribution in [0.3, 0.4) is 0 Å². The summed E-state index contributed by atoms with van der Waals surface area (Å²) in [6.07, 6.45) is 3.78. The van der Waals surface area contributed by atoms with Crippen LogP contribution in [-0.2, 0) is 21.5 Å². The number of hydrogen-bond donors (Lipinski definition) is 0. The summed E-state index contributed by atoms with van der Waals surface area (Å²) >= 11 is 7.38. The molecule has 29 heavy (non-hydrogen) atoms. The fraction of sp³-hybridized carbons (Fsp3) is 0.304. The highest BCUT2D eigenvalue weighted by Crippen LogP contribution is 2.55. The van der Waals surface area contributed by atoms with E-state index in [1.54, 1.807) is 10.9 Å². The molecule has 1 saturated heterocycles. The second-order valence-corrected chi connectivity index (χ2v) is 8.01. The lowest BCUT2D eigenvalue weighted by Gasteiger charge is -2.40. The normalized spacial score (nSPS) is 22.7. The van der Waals surface area contributed by atoms with E-state index in [-0.39, 0.29) is 11.4 Å².